The third-order valence-electron chi connectivity index (χ3n) is 2.83. The first-order chi connectivity index (χ1) is 10.00. The molecule has 0 amide bonds. The Labute approximate surface area is 123 Å². The van der Waals surface area contributed by atoms with Gasteiger partial charge in [-0.15, -0.1) is 0 Å². The molecule has 0 aliphatic carbocycles. The SMILES string of the molecule is CCS(=O)(=O)Nc1ccc(NCc2ccccc2F)nc1. The van der Waals surface area contributed by atoms with E-state index in [-0.39, 0.29) is 11.6 Å². The van der Waals surface area contributed by atoms with E-state index in [0.717, 1.165) is 0 Å². The van der Waals surface area contributed by atoms with Crippen LogP contribution >= 0.6 is 0 Å². The van der Waals surface area contributed by atoms with Crippen LogP contribution in [0, 0.1) is 5.82 Å². The van der Waals surface area contributed by atoms with Crippen molar-refractivity contribution in [2.75, 3.05) is 15.8 Å². The van der Waals surface area contributed by atoms with Gasteiger partial charge in [0.05, 0.1) is 17.6 Å². The molecule has 0 saturated heterocycles. The van der Waals surface area contributed by atoms with Gasteiger partial charge in [-0.05, 0) is 25.1 Å². The molecule has 1 heterocycles. The standard InChI is InChI=1S/C14H16FN3O2S/c1-2-21(19,20)18-12-7-8-14(17-10-12)16-9-11-5-3-4-6-13(11)15/h3-8,10,18H,2,9H2,1H3,(H,16,17). The smallest absolute Gasteiger partial charge is 0.232 e. The van der Waals surface area contributed by atoms with Crippen LogP contribution in [0.4, 0.5) is 15.9 Å². The number of pyridine rings is 1. The van der Waals surface area contributed by atoms with E-state index < -0.39 is 10.0 Å². The Hall–Kier alpha value is -2.15. The summed E-state index contributed by atoms with van der Waals surface area (Å²) in [5, 5.41) is 2.98. The molecule has 0 aliphatic heterocycles. The van der Waals surface area contributed by atoms with Crippen molar-refractivity contribution in [3.8, 4) is 0 Å². The lowest BCUT2D eigenvalue weighted by molar-refractivity contribution is 0.602. The number of benzene rings is 1. The zero-order valence-electron chi connectivity index (χ0n) is 11.5. The van der Waals surface area contributed by atoms with Gasteiger partial charge in [-0.3, -0.25) is 4.72 Å². The molecule has 0 fully saturated rings. The average Bonchev–Trinajstić information content (AvgIpc) is 2.48. The van der Waals surface area contributed by atoms with Crippen LogP contribution in [0.3, 0.4) is 0 Å². The highest BCUT2D eigenvalue weighted by atomic mass is 32.2. The van der Waals surface area contributed by atoms with Gasteiger partial charge < -0.3 is 5.32 Å². The molecule has 0 bridgehead atoms. The topological polar surface area (TPSA) is 71.1 Å². The van der Waals surface area contributed by atoms with Gasteiger partial charge in [0.15, 0.2) is 0 Å². The number of sulfonamides is 1. The number of halogens is 1. The van der Waals surface area contributed by atoms with E-state index in [1.807, 2.05) is 0 Å². The Bertz CT molecular complexity index is 702. The number of nitrogens with one attached hydrogen (secondary N) is 2. The summed E-state index contributed by atoms with van der Waals surface area (Å²) in [4.78, 5) is 4.08. The molecule has 1 aromatic carbocycles. The normalized spacial score (nSPS) is 11.1. The third-order valence-corrected chi connectivity index (χ3v) is 4.14. The number of nitrogens with zero attached hydrogens (tertiary/aromatic N) is 1. The van der Waals surface area contributed by atoms with Gasteiger partial charge in [-0.25, -0.2) is 17.8 Å². The molecule has 5 nitrogen and oxygen atoms in total. The second-order valence-corrected chi connectivity index (χ2v) is 6.39. The first-order valence-corrected chi connectivity index (χ1v) is 8.09. The van der Waals surface area contributed by atoms with Gasteiger partial charge >= 0.3 is 0 Å². The minimum Gasteiger partial charge on any atom is -0.366 e. The van der Waals surface area contributed by atoms with E-state index in [1.54, 1.807) is 37.3 Å². The van der Waals surface area contributed by atoms with Gasteiger partial charge in [-0.1, -0.05) is 18.2 Å². The summed E-state index contributed by atoms with van der Waals surface area (Å²) in [5.74, 6) is 0.260. The van der Waals surface area contributed by atoms with Gasteiger partial charge in [0.2, 0.25) is 10.0 Å². The Morgan fingerprint density at radius 1 is 1.19 bits per heavy atom. The van der Waals surface area contributed by atoms with E-state index in [9.17, 15) is 12.8 Å². The molecule has 112 valence electrons. The first-order valence-electron chi connectivity index (χ1n) is 6.44. The molecule has 0 unspecified atom stereocenters. The van der Waals surface area contributed by atoms with Gasteiger partial charge in [0, 0.05) is 12.1 Å². The first kappa shape index (κ1) is 15.2. The Kier molecular flexibility index (Phi) is 4.74. The summed E-state index contributed by atoms with van der Waals surface area (Å²) in [6.45, 7) is 1.86. The number of hydrogen-bond acceptors (Lipinski definition) is 4. The van der Waals surface area contributed by atoms with Crippen LogP contribution in [-0.4, -0.2) is 19.2 Å². The highest BCUT2D eigenvalue weighted by molar-refractivity contribution is 7.92. The van der Waals surface area contributed by atoms with Crippen molar-refractivity contribution in [3.05, 3.63) is 54.0 Å². The Morgan fingerprint density at radius 3 is 2.57 bits per heavy atom. The van der Waals surface area contributed by atoms with Crippen LogP contribution in [0.25, 0.3) is 0 Å². The molecule has 0 aliphatic rings. The summed E-state index contributed by atoms with van der Waals surface area (Å²) in [5.41, 5.74) is 0.934. The van der Waals surface area contributed by atoms with Crippen LogP contribution in [0.1, 0.15) is 12.5 Å². The lowest BCUT2D eigenvalue weighted by Gasteiger charge is -2.08. The monoisotopic (exact) mass is 309 g/mol. The molecule has 7 heteroatoms. The number of rotatable bonds is 6. The van der Waals surface area contributed by atoms with E-state index in [1.165, 1.54) is 12.3 Å². The van der Waals surface area contributed by atoms with Crippen LogP contribution in [0.5, 0.6) is 0 Å². The number of hydrogen-bond donors (Lipinski definition) is 2. The molecule has 2 N–H and O–H groups in total. The molecule has 0 saturated carbocycles. The van der Waals surface area contributed by atoms with E-state index >= 15 is 0 Å². The maximum absolute atomic E-state index is 13.4. The van der Waals surface area contributed by atoms with Gasteiger partial charge in [-0.2, -0.15) is 0 Å². The summed E-state index contributed by atoms with van der Waals surface area (Å²) in [6.07, 6.45) is 1.41. The molecule has 0 atom stereocenters. The molecule has 21 heavy (non-hydrogen) atoms. The lowest BCUT2D eigenvalue weighted by atomic mass is 10.2. The maximum Gasteiger partial charge on any atom is 0.232 e. The highest BCUT2D eigenvalue weighted by Crippen LogP contribution is 2.13. The molecule has 2 aromatic rings. The number of aromatic nitrogens is 1. The largest absolute Gasteiger partial charge is 0.366 e. The summed E-state index contributed by atoms with van der Waals surface area (Å²) >= 11 is 0. The summed E-state index contributed by atoms with van der Waals surface area (Å²) < 4.78 is 38.7. The van der Waals surface area contributed by atoms with Crippen LogP contribution in [0.2, 0.25) is 0 Å². The van der Waals surface area contributed by atoms with Crippen molar-refractivity contribution < 1.29 is 12.8 Å². The number of anilines is 2. The fourth-order valence-electron chi connectivity index (χ4n) is 1.64. The molecular weight excluding hydrogens is 293 g/mol. The Balaban J connectivity index is 1.98. The summed E-state index contributed by atoms with van der Waals surface area (Å²) in [6, 6.07) is 9.71. The van der Waals surface area contributed by atoms with Crippen molar-refractivity contribution >= 4 is 21.5 Å². The minimum absolute atomic E-state index is 0.000283. The van der Waals surface area contributed by atoms with E-state index in [0.29, 0.717) is 23.6 Å². The predicted molar refractivity (Wildman–Crippen MR) is 81.0 cm³/mol. The third kappa shape index (κ3) is 4.42. The predicted octanol–water partition coefficient (Wildman–Crippen LogP) is 2.59. The van der Waals surface area contributed by atoms with Crippen molar-refractivity contribution in [2.45, 2.75) is 13.5 Å². The second-order valence-electron chi connectivity index (χ2n) is 4.38. The van der Waals surface area contributed by atoms with Crippen LogP contribution < -0.4 is 10.0 Å². The van der Waals surface area contributed by atoms with Crippen molar-refractivity contribution in [2.24, 2.45) is 0 Å². The maximum atomic E-state index is 13.4. The lowest BCUT2D eigenvalue weighted by Crippen LogP contribution is -2.14. The highest BCUT2D eigenvalue weighted by Gasteiger charge is 2.07. The molecule has 2 rings (SSSR count). The minimum atomic E-state index is -3.31. The van der Waals surface area contributed by atoms with Crippen LogP contribution in [0.15, 0.2) is 42.6 Å². The van der Waals surface area contributed by atoms with Gasteiger partial charge in [0.1, 0.15) is 11.6 Å². The van der Waals surface area contributed by atoms with E-state index in [2.05, 4.69) is 15.0 Å². The fraction of sp³-hybridized carbons (Fsp3) is 0.214. The zero-order valence-corrected chi connectivity index (χ0v) is 12.3. The quantitative estimate of drug-likeness (QED) is 0.860. The Morgan fingerprint density at radius 2 is 1.95 bits per heavy atom. The van der Waals surface area contributed by atoms with Crippen molar-refractivity contribution in [1.29, 1.82) is 0 Å². The molecule has 0 radical (unpaired) electrons. The summed E-state index contributed by atoms with van der Waals surface area (Å²) in [7, 11) is -3.31. The molecule has 1 aromatic heterocycles. The van der Waals surface area contributed by atoms with Gasteiger partial charge in [0.25, 0.3) is 0 Å². The average molecular weight is 309 g/mol. The van der Waals surface area contributed by atoms with Crippen molar-refractivity contribution in [1.82, 2.24) is 4.98 Å². The zero-order chi connectivity index (χ0) is 15.3. The van der Waals surface area contributed by atoms with Crippen molar-refractivity contribution in [3.63, 3.8) is 0 Å². The second kappa shape index (κ2) is 6.53. The fourth-order valence-corrected chi connectivity index (χ4v) is 2.26. The molecule has 0 spiro atoms. The molecular formula is C14H16FN3O2S. The van der Waals surface area contributed by atoms with E-state index in [4.69, 9.17) is 0 Å². The van der Waals surface area contributed by atoms with Crippen LogP contribution in [-0.2, 0) is 16.6 Å².